The SMILES string of the molecule is Cc1cc(F)c(C(C)N[C@@H](C)C2CCCC2)cc1F. The predicted molar refractivity (Wildman–Crippen MR) is 74.1 cm³/mol. The molecule has 3 heteroatoms. The second-order valence-electron chi connectivity index (χ2n) is 5.84. The van der Waals surface area contributed by atoms with E-state index in [-0.39, 0.29) is 17.7 Å². The summed E-state index contributed by atoms with van der Waals surface area (Å²) in [6, 6.07) is 2.79. The number of halogens is 2. The lowest BCUT2D eigenvalue weighted by Gasteiger charge is -2.25. The van der Waals surface area contributed by atoms with E-state index in [4.69, 9.17) is 0 Å². The van der Waals surface area contributed by atoms with Gasteiger partial charge in [-0.25, -0.2) is 8.78 Å². The average molecular weight is 267 g/mol. The van der Waals surface area contributed by atoms with Crippen molar-refractivity contribution in [1.29, 1.82) is 0 Å². The fraction of sp³-hybridized carbons (Fsp3) is 0.625. The largest absolute Gasteiger partial charge is 0.307 e. The van der Waals surface area contributed by atoms with Crippen LogP contribution in [0.5, 0.6) is 0 Å². The fourth-order valence-electron chi connectivity index (χ4n) is 3.07. The van der Waals surface area contributed by atoms with Crippen LogP contribution < -0.4 is 5.32 Å². The van der Waals surface area contributed by atoms with Crippen molar-refractivity contribution in [3.05, 3.63) is 34.9 Å². The van der Waals surface area contributed by atoms with Crippen molar-refractivity contribution < 1.29 is 8.78 Å². The number of benzene rings is 1. The molecule has 0 aliphatic heterocycles. The standard InChI is InChI=1S/C16H23F2N/c1-10-8-16(18)14(9-15(10)17)12(3)19-11(2)13-6-4-5-7-13/h8-9,11-13,19H,4-7H2,1-3H3/t11-,12?/m0/s1. The predicted octanol–water partition coefficient (Wildman–Crippen LogP) is 4.50. The Bertz CT molecular complexity index is 439. The molecule has 1 fully saturated rings. The molecular formula is C16H23F2N. The van der Waals surface area contributed by atoms with Crippen molar-refractivity contribution in [3.8, 4) is 0 Å². The Labute approximate surface area is 114 Å². The minimum atomic E-state index is -0.335. The highest BCUT2D eigenvalue weighted by Crippen LogP contribution is 2.29. The summed E-state index contributed by atoms with van der Waals surface area (Å²) in [5.41, 5.74) is 0.783. The molecule has 0 radical (unpaired) electrons. The second-order valence-corrected chi connectivity index (χ2v) is 5.84. The summed E-state index contributed by atoms with van der Waals surface area (Å²) in [6.45, 7) is 5.63. The van der Waals surface area contributed by atoms with E-state index in [2.05, 4.69) is 12.2 Å². The zero-order valence-corrected chi connectivity index (χ0v) is 12.0. The summed E-state index contributed by atoms with van der Waals surface area (Å²) in [5.74, 6) is 0.0110. The first-order valence-electron chi connectivity index (χ1n) is 7.20. The molecule has 0 bridgehead atoms. The quantitative estimate of drug-likeness (QED) is 0.846. The third-order valence-corrected chi connectivity index (χ3v) is 4.36. The molecule has 1 nitrogen and oxygen atoms in total. The van der Waals surface area contributed by atoms with Gasteiger partial charge >= 0.3 is 0 Å². The van der Waals surface area contributed by atoms with E-state index in [1.165, 1.54) is 37.8 Å². The third-order valence-electron chi connectivity index (χ3n) is 4.36. The lowest BCUT2D eigenvalue weighted by molar-refractivity contribution is 0.348. The topological polar surface area (TPSA) is 12.0 Å². The molecule has 1 aliphatic rings. The summed E-state index contributed by atoms with van der Waals surface area (Å²) < 4.78 is 27.5. The average Bonchev–Trinajstić information content (AvgIpc) is 2.87. The summed E-state index contributed by atoms with van der Waals surface area (Å²) in [4.78, 5) is 0. The van der Waals surface area contributed by atoms with Crippen LogP contribution in [0.4, 0.5) is 8.78 Å². The van der Waals surface area contributed by atoms with Gasteiger partial charge in [-0.2, -0.15) is 0 Å². The Morgan fingerprint density at radius 3 is 2.37 bits per heavy atom. The Morgan fingerprint density at radius 1 is 1.11 bits per heavy atom. The molecule has 1 saturated carbocycles. The van der Waals surface area contributed by atoms with Crippen molar-refractivity contribution in [2.45, 2.75) is 58.5 Å². The monoisotopic (exact) mass is 267 g/mol. The fourth-order valence-corrected chi connectivity index (χ4v) is 3.07. The van der Waals surface area contributed by atoms with Crippen LogP contribution in [0.15, 0.2) is 12.1 Å². The summed E-state index contributed by atoms with van der Waals surface area (Å²) in [5, 5.41) is 3.42. The summed E-state index contributed by atoms with van der Waals surface area (Å²) in [6.07, 6.45) is 5.06. The van der Waals surface area contributed by atoms with Crippen molar-refractivity contribution in [3.63, 3.8) is 0 Å². The highest BCUT2D eigenvalue weighted by Gasteiger charge is 2.24. The maximum atomic E-state index is 13.9. The van der Waals surface area contributed by atoms with Gasteiger partial charge in [0.25, 0.3) is 0 Å². The molecule has 2 atom stereocenters. The molecule has 106 valence electrons. The van der Waals surface area contributed by atoms with Gasteiger partial charge in [-0.3, -0.25) is 0 Å². The van der Waals surface area contributed by atoms with E-state index in [0.29, 0.717) is 23.1 Å². The van der Waals surface area contributed by atoms with Gasteiger partial charge in [-0.1, -0.05) is 12.8 Å². The zero-order chi connectivity index (χ0) is 14.0. The molecule has 1 aromatic rings. The van der Waals surface area contributed by atoms with E-state index < -0.39 is 0 Å². The molecule has 0 spiro atoms. The van der Waals surface area contributed by atoms with Crippen LogP contribution in [-0.2, 0) is 0 Å². The summed E-state index contributed by atoms with van der Waals surface area (Å²) in [7, 11) is 0. The molecule has 1 N–H and O–H groups in total. The van der Waals surface area contributed by atoms with Gasteiger partial charge in [0.1, 0.15) is 11.6 Å². The zero-order valence-electron chi connectivity index (χ0n) is 12.0. The van der Waals surface area contributed by atoms with Crippen molar-refractivity contribution in [2.75, 3.05) is 0 Å². The smallest absolute Gasteiger partial charge is 0.128 e. The molecule has 1 aliphatic carbocycles. The number of hydrogen-bond acceptors (Lipinski definition) is 1. The number of aryl methyl sites for hydroxylation is 1. The van der Waals surface area contributed by atoms with E-state index in [9.17, 15) is 8.78 Å². The minimum Gasteiger partial charge on any atom is -0.307 e. The Balaban J connectivity index is 2.06. The lowest BCUT2D eigenvalue weighted by atomic mass is 9.97. The molecule has 19 heavy (non-hydrogen) atoms. The number of hydrogen-bond donors (Lipinski definition) is 1. The first-order valence-corrected chi connectivity index (χ1v) is 7.20. The Morgan fingerprint density at radius 2 is 1.74 bits per heavy atom. The highest BCUT2D eigenvalue weighted by molar-refractivity contribution is 5.27. The van der Waals surface area contributed by atoms with Crippen LogP contribution in [0, 0.1) is 24.5 Å². The second kappa shape index (κ2) is 6.00. The molecule has 1 unspecified atom stereocenters. The van der Waals surface area contributed by atoms with Gasteiger partial charge in [0.15, 0.2) is 0 Å². The first-order chi connectivity index (χ1) is 8.99. The highest BCUT2D eigenvalue weighted by atomic mass is 19.1. The Kier molecular flexibility index (Phi) is 4.56. The Hall–Kier alpha value is -0.960. The summed E-state index contributed by atoms with van der Waals surface area (Å²) >= 11 is 0. The third kappa shape index (κ3) is 3.33. The number of nitrogens with one attached hydrogen (secondary N) is 1. The van der Waals surface area contributed by atoms with E-state index in [1.54, 1.807) is 6.92 Å². The van der Waals surface area contributed by atoms with Gasteiger partial charge in [-0.05, 0) is 57.2 Å². The van der Waals surface area contributed by atoms with Crippen LogP contribution in [0.25, 0.3) is 0 Å². The lowest BCUT2D eigenvalue weighted by Crippen LogP contribution is -2.34. The molecule has 1 aromatic carbocycles. The van der Waals surface area contributed by atoms with Crippen LogP contribution >= 0.6 is 0 Å². The molecule has 0 heterocycles. The van der Waals surface area contributed by atoms with Crippen molar-refractivity contribution in [1.82, 2.24) is 5.32 Å². The normalized spacial score (nSPS) is 19.6. The van der Waals surface area contributed by atoms with Crippen LogP contribution in [-0.4, -0.2) is 6.04 Å². The maximum Gasteiger partial charge on any atom is 0.128 e. The van der Waals surface area contributed by atoms with Crippen LogP contribution in [0.3, 0.4) is 0 Å². The van der Waals surface area contributed by atoms with E-state index in [1.807, 2.05) is 6.92 Å². The van der Waals surface area contributed by atoms with Gasteiger partial charge in [0.05, 0.1) is 0 Å². The first kappa shape index (κ1) is 14.4. The molecule has 0 aromatic heterocycles. The van der Waals surface area contributed by atoms with E-state index >= 15 is 0 Å². The molecule has 0 amide bonds. The van der Waals surface area contributed by atoms with Gasteiger partial charge in [-0.15, -0.1) is 0 Å². The maximum absolute atomic E-state index is 13.9. The van der Waals surface area contributed by atoms with Gasteiger partial charge in [0, 0.05) is 17.6 Å². The van der Waals surface area contributed by atoms with Gasteiger partial charge < -0.3 is 5.32 Å². The molecule has 2 rings (SSSR count). The minimum absolute atomic E-state index is 0.161. The molecule has 0 saturated heterocycles. The van der Waals surface area contributed by atoms with Crippen molar-refractivity contribution in [2.24, 2.45) is 5.92 Å². The number of rotatable bonds is 4. The molecular weight excluding hydrogens is 244 g/mol. The van der Waals surface area contributed by atoms with Crippen molar-refractivity contribution >= 4 is 0 Å². The van der Waals surface area contributed by atoms with E-state index in [0.717, 1.165) is 0 Å². The van der Waals surface area contributed by atoms with Crippen LogP contribution in [0.2, 0.25) is 0 Å². The van der Waals surface area contributed by atoms with Gasteiger partial charge in [0.2, 0.25) is 0 Å². The van der Waals surface area contributed by atoms with Crippen LogP contribution in [0.1, 0.15) is 56.7 Å².